The number of para-hydroxylation sites is 1. The number of rotatable bonds is 7. The van der Waals surface area contributed by atoms with E-state index in [1.54, 1.807) is 35.8 Å². The van der Waals surface area contributed by atoms with Gasteiger partial charge in [-0.25, -0.2) is 0 Å². The highest BCUT2D eigenvalue weighted by atomic mass is 35.5. The lowest BCUT2D eigenvalue weighted by Crippen LogP contribution is -2.24. The van der Waals surface area contributed by atoms with Gasteiger partial charge in [-0.1, -0.05) is 60.4 Å². The molecule has 0 saturated heterocycles. The van der Waals surface area contributed by atoms with Crippen LogP contribution in [0.15, 0.2) is 52.4 Å². The molecule has 0 radical (unpaired) electrons. The van der Waals surface area contributed by atoms with Crippen molar-refractivity contribution in [3.05, 3.63) is 62.9 Å². The predicted octanol–water partition coefficient (Wildman–Crippen LogP) is 5.27. The van der Waals surface area contributed by atoms with E-state index < -0.39 is 5.25 Å². The molecule has 1 N–H and O–H groups in total. The topological polar surface area (TPSA) is 81.3 Å². The molecular formula is C22H21Cl2N5O2S. The molecule has 166 valence electrons. The van der Waals surface area contributed by atoms with E-state index in [1.807, 2.05) is 22.6 Å². The summed E-state index contributed by atoms with van der Waals surface area (Å²) in [4.78, 5) is 25.8. The van der Waals surface area contributed by atoms with Gasteiger partial charge in [0, 0.05) is 11.6 Å². The molecule has 0 saturated carbocycles. The van der Waals surface area contributed by atoms with Crippen LogP contribution in [0, 0.1) is 0 Å². The number of benzene rings is 2. The Kier molecular flexibility index (Phi) is 6.74. The summed E-state index contributed by atoms with van der Waals surface area (Å²) in [6.07, 6.45) is 1.80. The molecule has 2 aromatic heterocycles. The number of aryl methyl sites for hydroxylation is 1. The number of halogens is 2. The van der Waals surface area contributed by atoms with Crippen molar-refractivity contribution in [1.29, 1.82) is 0 Å². The van der Waals surface area contributed by atoms with Crippen molar-refractivity contribution in [1.82, 2.24) is 19.2 Å². The molecule has 4 rings (SSSR count). The molecule has 0 fully saturated rings. The van der Waals surface area contributed by atoms with Crippen LogP contribution in [0.25, 0.3) is 16.7 Å². The zero-order valence-electron chi connectivity index (χ0n) is 17.5. The summed E-state index contributed by atoms with van der Waals surface area (Å²) in [6.45, 7) is 4.40. The Labute approximate surface area is 198 Å². The zero-order valence-corrected chi connectivity index (χ0v) is 19.8. The number of amides is 1. The third kappa shape index (κ3) is 4.35. The SMILES string of the molecule is CCCCn1c(=O)c2ccccc2n2c(SC(C)C(=O)Nc3ccc(Cl)cc3Cl)nnc12. The molecule has 2 aromatic carbocycles. The maximum Gasteiger partial charge on any atom is 0.262 e. The molecule has 32 heavy (non-hydrogen) atoms. The van der Waals surface area contributed by atoms with E-state index in [9.17, 15) is 9.59 Å². The van der Waals surface area contributed by atoms with Gasteiger partial charge in [-0.3, -0.25) is 18.6 Å². The average molecular weight is 490 g/mol. The highest BCUT2D eigenvalue weighted by molar-refractivity contribution is 8.00. The van der Waals surface area contributed by atoms with Crippen molar-refractivity contribution in [3.63, 3.8) is 0 Å². The Balaban J connectivity index is 1.69. The smallest absolute Gasteiger partial charge is 0.262 e. The third-order valence-electron chi connectivity index (χ3n) is 5.05. The van der Waals surface area contributed by atoms with Gasteiger partial charge in [0.2, 0.25) is 11.7 Å². The van der Waals surface area contributed by atoms with Crippen molar-refractivity contribution in [3.8, 4) is 0 Å². The van der Waals surface area contributed by atoms with E-state index in [-0.39, 0.29) is 11.5 Å². The van der Waals surface area contributed by atoms with Gasteiger partial charge in [0.1, 0.15) is 0 Å². The highest BCUT2D eigenvalue weighted by Crippen LogP contribution is 2.28. The molecule has 0 spiro atoms. The van der Waals surface area contributed by atoms with E-state index in [4.69, 9.17) is 23.2 Å². The van der Waals surface area contributed by atoms with Gasteiger partial charge in [-0.15, -0.1) is 10.2 Å². The second-order valence-corrected chi connectivity index (χ2v) is 9.47. The van der Waals surface area contributed by atoms with Crippen molar-refractivity contribution in [2.75, 3.05) is 5.32 Å². The summed E-state index contributed by atoms with van der Waals surface area (Å²) in [7, 11) is 0. The molecule has 1 unspecified atom stereocenters. The maximum atomic E-state index is 13.0. The quantitative estimate of drug-likeness (QED) is 0.357. The van der Waals surface area contributed by atoms with Gasteiger partial charge < -0.3 is 5.32 Å². The largest absolute Gasteiger partial charge is 0.324 e. The standard InChI is InChI=1S/C22H21Cl2N5O2S/c1-3-4-11-28-20(31)15-7-5-6-8-18(15)29-21(28)26-27-22(29)32-13(2)19(30)25-17-10-9-14(23)12-16(17)24/h5-10,12-13H,3-4,11H2,1-2H3,(H,25,30). The number of carbonyl (C=O) groups is 1. The Morgan fingerprint density at radius 1 is 1.19 bits per heavy atom. The number of hydrogen-bond acceptors (Lipinski definition) is 5. The first-order valence-corrected chi connectivity index (χ1v) is 11.8. The molecule has 0 aliphatic rings. The first kappa shape index (κ1) is 22.6. The van der Waals surface area contributed by atoms with Crippen molar-refractivity contribution in [2.24, 2.45) is 0 Å². The van der Waals surface area contributed by atoms with E-state index in [2.05, 4.69) is 22.4 Å². The summed E-state index contributed by atoms with van der Waals surface area (Å²) in [6, 6.07) is 12.3. The lowest BCUT2D eigenvalue weighted by atomic mass is 10.2. The summed E-state index contributed by atoms with van der Waals surface area (Å²) >= 11 is 13.4. The fourth-order valence-corrected chi connectivity index (χ4v) is 4.68. The van der Waals surface area contributed by atoms with Crippen molar-refractivity contribution >= 4 is 63.2 Å². The molecule has 1 amide bonds. The fraction of sp³-hybridized carbons (Fsp3) is 0.273. The second kappa shape index (κ2) is 9.52. The van der Waals surface area contributed by atoms with Crippen LogP contribution in [0.4, 0.5) is 5.69 Å². The Hall–Kier alpha value is -2.55. The normalized spacial score (nSPS) is 12.4. The monoisotopic (exact) mass is 489 g/mol. The van der Waals surface area contributed by atoms with E-state index in [0.29, 0.717) is 44.1 Å². The van der Waals surface area contributed by atoms with Gasteiger partial charge in [-0.05, 0) is 43.7 Å². The number of fused-ring (bicyclic) bond motifs is 3. The van der Waals surface area contributed by atoms with Crippen LogP contribution in [0.1, 0.15) is 26.7 Å². The molecule has 0 aliphatic carbocycles. The number of nitrogens with one attached hydrogen (secondary N) is 1. The molecule has 0 aliphatic heterocycles. The number of anilines is 1. The van der Waals surface area contributed by atoms with Crippen LogP contribution in [-0.4, -0.2) is 30.3 Å². The number of unbranched alkanes of at least 4 members (excludes halogenated alkanes) is 1. The molecule has 4 aromatic rings. The minimum atomic E-state index is -0.496. The number of carbonyl (C=O) groups excluding carboxylic acids is 1. The highest BCUT2D eigenvalue weighted by Gasteiger charge is 2.22. The van der Waals surface area contributed by atoms with Gasteiger partial charge in [0.05, 0.1) is 26.9 Å². The van der Waals surface area contributed by atoms with Crippen LogP contribution in [-0.2, 0) is 11.3 Å². The molecule has 1 atom stereocenters. The van der Waals surface area contributed by atoms with E-state index in [0.717, 1.165) is 12.8 Å². The van der Waals surface area contributed by atoms with Gasteiger partial charge >= 0.3 is 0 Å². The van der Waals surface area contributed by atoms with Crippen LogP contribution < -0.4 is 10.9 Å². The van der Waals surface area contributed by atoms with Crippen LogP contribution in [0.3, 0.4) is 0 Å². The molecule has 7 nitrogen and oxygen atoms in total. The first-order valence-electron chi connectivity index (χ1n) is 10.2. The van der Waals surface area contributed by atoms with Crippen molar-refractivity contribution in [2.45, 2.75) is 43.6 Å². The Bertz CT molecular complexity index is 1370. The van der Waals surface area contributed by atoms with Crippen LogP contribution in [0.2, 0.25) is 10.0 Å². The third-order valence-corrected chi connectivity index (χ3v) is 6.64. The molecule has 10 heteroatoms. The minimum Gasteiger partial charge on any atom is -0.324 e. The van der Waals surface area contributed by atoms with Crippen LogP contribution in [0.5, 0.6) is 0 Å². The predicted molar refractivity (Wildman–Crippen MR) is 130 cm³/mol. The minimum absolute atomic E-state index is 0.0892. The number of hydrogen-bond donors (Lipinski definition) is 1. The lowest BCUT2D eigenvalue weighted by Gasteiger charge is -2.14. The van der Waals surface area contributed by atoms with E-state index >= 15 is 0 Å². The molecule has 2 heterocycles. The Morgan fingerprint density at radius 2 is 1.97 bits per heavy atom. The number of nitrogens with zero attached hydrogens (tertiary/aromatic N) is 4. The summed E-state index contributed by atoms with van der Waals surface area (Å²) in [5, 5.41) is 12.9. The van der Waals surface area contributed by atoms with Gasteiger partial charge in [0.25, 0.3) is 5.56 Å². The number of aromatic nitrogens is 4. The fourth-order valence-electron chi connectivity index (χ4n) is 3.36. The van der Waals surface area contributed by atoms with E-state index in [1.165, 1.54) is 11.8 Å². The summed E-state index contributed by atoms with van der Waals surface area (Å²) in [5.74, 6) is 0.234. The Morgan fingerprint density at radius 3 is 2.72 bits per heavy atom. The average Bonchev–Trinajstić information content (AvgIpc) is 3.19. The lowest BCUT2D eigenvalue weighted by molar-refractivity contribution is -0.115. The van der Waals surface area contributed by atoms with Crippen molar-refractivity contribution < 1.29 is 4.79 Å². The number of thioether (sulfide) groups is 1. The summed E-state index contributed by atoms with van der Waals surface area (Å²) in [5.41, 5.74) is 1.10. The maximum absolute atomic E-state index is 13.0. The second-order valence-electron chi connectivity index (χ2n) is 7.32. The molecule has 0 bridgehead atoms. The molecular weight excluding hydrogens is 469 g/mol. The first-order chi connectivity index (χ1) is 15.4. The summed E-state index contributed by atoms with van der Waals surface area (Å²) < 4.78 is 3.50. The van der Waals surface area contributed by atoms with Crippen LogP contribution >= 0.6 is 35.0 Å². The van der Waals surface area contributed by atoms with Gasteiger partial charge in [0.15, 0.2) is 5.16 Å². The zero-order chi connectivity index (χ0) is 22.8. The van der Waals surface area contributed by atoms with Gasteiger partial charge in [-0.2, -0.15) is 0 Å².